The van der Waals surface area contributed by atoms with Crippen molar-refractivity contribution in [1.29, 1.82) is 0 Å². The molecule has 8 nitrogen and oxygen atoms in total. The van der Waals surface area contributed by atoms with Gasteiger partial charge in [0.1, 0.15) is 5.75 Å². The molecule has 0 saturated heterocycles. The van der Waals surface area contributed by atoms with Crippen LogP contribution in [0.1, 0.15) is 11.4 Å². The molecule has 0 aliphatic carbocycles. The van der Waals surface area contributed by atoms with Crippen LogP contribution in [0, 0.1) is 13.8 Å². The van der Waals surface area contributed by atoms with Crippen LogP contribution in [-0.2, 0) is 14.1 Å². The second kappa shape index (κ2) is 4.85. The zero-order valence-corrected chi connectivity index (χ0v) is 14.3. The van der Waals surface area contributed by atoms with Gasteiger partial charge in [-0.2, -0.15) is 4.98 Å². The average molecular weight is 339 g/mol. The number of hydrogen-bond acceptors (Lipinski definition) is 4. The standard InChI is InChI=1S/C17H17N5O3/c1-9-10(2)22-13-14(19(3)17(25)20(4)15(13)24)18-16(22)21(9)11-6-5-7-12(23)8-11/h5-8,23H,1-4H3. The van der Waals surface area contributed by atoms with Crippen molar-refractivity contribution in [1.82, 2.24) is 23.1 Å². The summed E-state index contributed by atoms with van der Waals surface area (Å²) in [6, 6.07) is 6.81. The van der Waals surface area contributed by atoms with Crippen LogP contribution in [0.3, 0.4) is 0 Å². The van der Waals surface area contributed by atoms with Gasteiger partial charge in [0.15, 0.2) is 11.2 Å². The number of phenolic OH excluding ortho intramolecular Hbond substituents is 1. The van der Waals surface area contributed by atoms with Crippen LogP contribution in [-0.4, -0.2) is 28.2 Å². The van der Waals surface area contributed by atoms with Crippen LogP contribution >= 0.6 is 0 Å². The first-order chi connectivity index (χ1) is 11.8. The second-order valence-electron chi connectivity index (χ2n) is 6.15. The van der Waals surface area contributed by atoms with Crippen molar-refractivity contribution in [3.05, 3.63) is 56.5 Å². The molecular formula is C17H17N5O3. The summed E-state index contributed by atoms with van der Waals surface area (Å²) in [7, 11) is 3.05. The van der Waals surface area contributed by atoms with Crippen LogP contribution in [0.25, 0.3) is 22.6 Å². The van der Waals surface area contributed by atoms with Crippen molar-refractivity contribution in [3.63, 3.8) is 0 Å². The maximum Gasteiger partial charge on any atom is 0.332 e. The molecule has 4 aromatic rings. The molecule has 128 valence electrons. The van der Waals surface area contributed by atoms with Gasteiger partial charge >= 0.3 is 5.69 Å². The molecule has 1 aromatic carbocycles. The minimum atomic E-state index is -0.420. The average Bonchev–Trinajstić information content (AvgIpc) is 3.07. The summed E-state index contributed by atoms with van der Waals surface area (Å²) in [5, 5.41) is 9.81. The molecule has 4 rings (SSSR count). The van der Waals surface area contributed by atoms with Crippen LogP contribution < -0.4 is 11.2 Å². The molecule has 0 unspecified atom stereocenters. The maximum absolute atomic E-state index is 12.7. The summed E-state index contributed by atoms with van der Waals surface area (Å²) in [6.07, 6.45) is 0. The summed E-state index contributed by atoms with van der Waals surface area (Å²) >= 11 is 0. The third kappa shape index (κ3) is 1.84. The molecule has 0 amide bonds. The Bertz CT molecular complexity index is 1290. The smallest absolute Gasteiger partial charge is 0.332 e. The van der Waals surface area contributed by atoms with Crippen molar-refractivity contribution >= 4 is 16.9 Å². The molecule has 3 heterocycles. The number of benzene rings is 1. The molecule has 25 heavy (non-hydrogen) atoms. The Morgan fingerprint density at radius 1 is 1.04 bits per heavy atom. The van der Waals surface area contributed by atoms with Crippen LogP contribution in [0.15, 0.2) is 33.9 Å². The van der Waals surface area contributed by atoms with Crippen molar-refractivity contribution in [3.8, 4) is 11.4 Å². The van der Waals surface area contributed by atoms with E-state index in [-0.39, 0.29) is 11.3 Å². The molecule has 3 aromatic heterocycles. The van der Waals surface area contributed by atoms with E-state index in [0.717, 1.165) is 21.6 Å². The van der Waals surface area contributed by atoms with Gasteiger partial charge in [0.05, 0.1) is 5.69 Å². The summed E-state index contributed by atoms with van der Waals surface area (Å²) < 4.78 is 6.07. The first-order valence-electron chi connectivity index (χ1n) is 7.78. The van der Waals surface area contributed by atoms with Gasteiger partial charge in [0.2, 0.25) is 5.78 Å². The Labute approximate surface area is 141 Å². The number of rotatable bonds is 1. The van der Waals surface area contributed by atoms with E-state index in [1.54, 1.807) is 29.6 Å². The monoisotopic (exact) mass is 339 g/mol. The lowest BCUT2D eigenvalue weighted by Crippen LogP contribution is -2.37. The van der Waals surface area contributed by atoms with Gasteiger partial charge in [-0.05, 0) is 26.0 Å². The van der Waals surface area contributed by atoms with Crippen LogP contribution in [0.5, 0.6) is 5.75 Å². The molecule has 0 bridgehead atoms. The minimum Gasteiger partial charge on any atom is -0.508 e. The highest BCUT2D eigenvalue weighted by atomic mass is 16.3. The number of phenols is 1. The zero-order valence-electron chi connectivity index (χ0n) is 14.3. The molecule has 0 spiro atoms. The molecule has 0 atom stereocenters. The Morgan fingerprint density at radius 3 is 2.44 bits per heavy atom. The van der Waals surface area contributed by atoms with Gasteiger partial charge in [0, 0.05) is 31.5 Å². The number of aromatic hydroxyl groups is 1. The molecule has 0 radical (unpaired) electrons. The molecule has 0 saturated carbocycles. The largest absolute Gasteiger partial charge is 0.508 e. The van der Waals surface area contributed by atoms with E-state index in [1.807, 2.05) is 24.5 Å². The highest BCUT2D eigenvalue weighted by Crippen LogP contribution is 2.25. The molecule has 0 aliphatic heterocycles. The van der Waals surface area contributed by atoms with E-state index in [1.165, 1.54) is 11.6 Å². The quantitative estimate of drug-likeness (QED) is 0.560. The van der Waals surface area contributed by atoms with E-state index in [9.17, 15) is 14.7 Å². The topological polar surface area (TPSA) is 86.5 Å². The van der Waals surface area contributed by atoms with Gasteiger partial charge < -0.3 is 5.11 Å². The fourth-order valence-corrected chi connectivity index (χ4v) is 3.27. The third-order valence-corrected chi connectivity index (χ3v) is 4.72. The molecule has 8 heteroatoms. The van der Waals surface area contributed by atoms with Crippen LogP contribution in [0.2, 0.25) is 0 Å². The van der Waals surface area contributed by atoms with E-state index < -0.39 is 5.69 Å². The minimum absolute atomic E-state index is 0.140. The first-order valence-corrected chi connectivity index (χ1v) is 7.78. The highest BCUT2D eigenvalue weighted by Gasteiger charge is 2.22. The summed E-state index contributed by atoms with van der Waals surface area (Å²) in [6.45, 7) is 3.82. The number of nitrogens with zero attached hydrogens (tertiary/aromatic N) is 5. The van der Waals surface area contributed by atoms with Gasteiger partial charge in [-0.25, -0.2) is 4.79 Å². The summed E-state index contributed by atoms with van der Waals surface area (Å²) in [5.41, 5.74) is 2.35. The molecule has 1 N–H and O–H groups in total. The zero-order chi connectivity index (χ0) is 18.0. The SMILES string of the molecule is Cc1c(C)n2c3c(=O)n(C)c(=O)n(C)c3nc2n1-c1cccc(O)c1. The fraction of sp³-hybridized carbons (Fsp3) is 0.235. The van der Waals surface area contributed by atoms with Gasteiger partial charge in [0.25, 0.3) is 5.56 Å². The molecule has 0 aliphatic rings. The van der Waals surface area contributed by atoms with E-state index in [2.05, 4.69) is 4.98 Å². The van der Waals surface area contributed by atoms with Crippen molar-refractivity contribution in [2.45, 2.75) is 13.8 Å². The molecule has 0 fully saturated rings. The third-order valence-electron chi connectivity index (χ3n) is 4.72. The van der Waals surface area contributed by atoms with Crippen molar-refractivity contribution < 1.29 is 5.11 Å². The lowest BCUT2D eigenvalue weighted by atomic mass is 10.3. The summed E-state index contributed by atoms with van der Waals surface area (Å²) in [5.74, 6) is 0.662. The lowest BCUT2D eigenvalue weighted by molar-refractivity contribution is 0.475. The maximum atomic E-state index is 12.7. The predicted octanol–water partition coefficient (Wildman–Crippen LogP) is 0.998. The van der Waals surface area contributed by atoms with E-state index >= 15 is 0 Å². The first kappa shape index (κ1) is 15.3. The van der Waals surface area contributed by atoms with E-state index in [4.69, 9.17) is 0 Å². The Balaban J connectivity index is 2.27. The number of hydrogen-bond donors (Lipinski definition) is 1. The lowest BCUT2D eigenvalue weighted by Gasteiger charge is -2.06. The van der Waals surface area contributed by atoms with Crippen molar-refractivity contribution in [2.24, 2.45) is 14.1 Å². The number of imidazole rings is 2. The second-order valence-corrected chi connectivity index (χ2v) is 6.15. The highest BCUT2D eigenvalue weighted by molar-refractivity contribution is 5.77. The Hall–Kier alpha value is -3.29. The van der Waals surface area contributed by atoms with Crippen LogP contribution in [0.4, 0.5) is 0 Å². The Kier molecular flexibility index (Phi) is 2.96. The predicted molar refractivity (Wildman–Crippen MR) is 93.6 cm³/mol. The normalized spacial score (nSPS) is 11.7. The number of aromatic nitrogens is 5. The Morgan fingerprint density at radius 2 is 1.76 bits per heavy atom. The number of aryl methyl sites for hydroxylation is 2. The van der Waals surface area contributed by atoms with E-state index in [0.29, 0.717) is 16.9 Å². The fourth-order valence-electron chi connectivity index (χ4n) is 3.27. The summed E-state index contributed by atoms with van der Waals surface area (Å²) in [4.78, 5) is 29.4. The van der Waals surface area contributed by atoms with Gasteiger partial charge in [-0.3, -0.25) is 22.9 Å². The van der Waals surface area contributed by atoms with Gasteiger partial charge in [-0.15, -0.1) is 0 Å². The molecular weight excluding hydrogens is 322 g/mol. The number of fused-ring (bicyclic) bond motifs is 3. The van der Waals surface area contributed by atoms with Gasteiger partial charge in [-0.1, -0.05) is 6.07 Å². The van der Waals surface area contributed by atoms with Crippen molar-refractivity contribution in [2.75, 3.05) is 0 Å².